The van der Waals surface area contributed by atoms with E-state index in [2.05, 4.69) is 5.32 Å². The van der Waals surface area contributed by atoms with E-state index in [1.54, 1.807) is 0 Å². The van der Waals surface area contributed by atoms with Crippen LogP contribution in [0.1, 0.15) is 20.8 Å². The van der Waals surface area contributed by atoms with Crippen LogP contribution in [0, 0.1) is 5.41 Å². The fraction of sp³-hybridized carbons (Fsp3) is 0.444. The first-order valence-electron chi connectivity index (χ1n) is 4.03. The zero-order valence-corrected chi connectivity index (χ0v) is 8.29. The van der Waals surface area contributed by atoms with Gasteiger partial charge in [-0.1, -0.05) is 20.8 Å². The lowest BCUT2D eigenvalue weighted by Crippen LogP contribution is -2.34. The smallest absolute Gasteiger partial charge is 0.229 e. The van der Waals surface area contributed by atoms with E-state index in [0.717, 1.165) is 0 Å². The Morgan fingerprint density at radius 2 is 1.85 bits per heavy atom. The molecule has 0 bridgehead atoms. The molecule has 0 aliphatic rings. The van der Waals surface area contributed by atoms with Crippen molar-refractivity contribution in [2.45, 2.75) is 20.8 Å². The van der Waals surface area contributed by atoms with Gasteiger partial charge < -0.3 is 16.8 Å². The molecule has 0 rings (SSSR count). The van der Waals surface area contributed by atoms with Crippen LogP contribution in [-0.2, 0) is 4.79 Å². The number of nitrogens with one attached hydrogen (secondary N) is 1. The first kappa shape index (κ1) is 11.6. The van der Waals surface area contributed by atoms with Crippen LogP contribution in [0.25, 0.3) is 0 Å². The van der Waals surface area contributed by atoms with E-state index < -0.39 is 5.41 Å². The van der Waals surface area contributed by atoms with Gasteiger partial charge in [0.05, 0.1) is 5.70 Å². The average Bonchev–Trinajstić information content (AvgIpc) is 2.01. The molecule has 0 fully saturated rings. The number of allylic oxidation sites excluding steroid dienone is 1. The zero-order valence-electron chi connectivity index (χ0n) is 8.29. The summed E-state index contributed by atoms with van der Waals surface area (Å²) in [6.45, 7) is 5.47. The molecule has 13 heavy (non-hydrogen) atoms. The molecule has 5 N–H and O–H groups in total. The number of amides is 1. The third-order valence-electron chi connectivity index (χ3n) is 1.39. The number of rotatable bonds is 2. The molecule has 0 aromatic rings. The number of nitrogens with two attached hydrogens (primary N) is 2. The van der Waals surface area contributed by atoms with Crippen molar-refractivity contribution < 1.29 is 4.79 Å². The minimum Gasteiger partial charge on any atom is -0.405 e. The summed E-state index contributed by atoms with van der Waals surface area (Å²) in [5.74, 6) is -0.0951. The fourth-order valence-corrected chi connectivity index (χ4v) is 0.561. The van der Waals surface area contributed by atoms with Crippen molar-refractivity contribution in [3.05, 3.63) is 24.2 Å². The van der Waals surface area contributed by atoms with Gasteiger partial charge in [0.15, 0.2) is 0 Å². The van der Waals surface area contributed by atoms with E-state index in [-0.39, 0.29) is 5.91 Å². The molecule has 0 aliphatic heterocycles. The maximum atomic E-state index is 11.4. The molecule has 4 nitrogen and oxygen atoms in total. The summed E-state index contributed by atoms with van der Waals surface area (Å²) >= 11 is 0. The summed E-state index contributed by atoms with van der Waals surface area (Å²) in [6.07, 6.45) is 4.15. The second-order valence-electron chi connectivity index (χ2n) is 3.69. The summed E-state index contributed by atoms with van der Waals surface area (Å²) in [4.78, 5) is 11.4. The highest BCUT2D eigenvalue weighted by Crippen LogP contribution is 2.13. The monoisotopic (exact) mass is 183 g/mol. The second-order valence-corrected chi connectivity index (χ2v) is 3.69. The highest BCUT2D eigenvalue weighted by atomic mass is 16.2. The van der Waals surface area contributed by atoms with Gasteiger partial charge in [0.25, 0.3) is 0 Å². The Hall–Kier alpha value is -1.45. The molecule has 74 valence electrons. The Balaban J connectivity index is 4.36. The van der Waals surface area contributed by atoms with E-state index in [0.29, 0.717) is 5.70 Å². The van der Waals surface area contributed by atoms with Gasteiger partial charge in [0.2, 0.25) is 5.91 Å². The largest absolute Gasteiger partial charge is 0.405 e. The van der Waals surface area contributed by atoms with Crippen LogP contribution in [0.3, 0.4) is 0 Å². The molecule has 0 saturated heterocycles. The van der Waals surface area contributed by atoms with E-state index in [1.165, 1.54) is 18.5 Å². The van der Waals surface area contributed by atoms with Crippen LogP contribution in [0.4, 0.5) is 0 Å². The molecule has 0 atom stereocenters. The molecule has 0 aromatic heterocycles. The molecular formula is C9H17N3O. The van der Waals surface area contributed by atoms with Crippen molar-refractivity contribution in [3.8, 4) is 0 Å². The third-order valence-corrected chi connectivity index (χ3v) is 1.39. The highest BCUT2D eigenvalue weighted by Gasteiger charge is 2.21. The minimum atomic E-state index is -0.434. The maximum absolute atomic E-state index is 11.4. The lowest BCUT2D eigenvalue weighted by atomic mass is 9.95. The SMILES string of the molecule is CC(C)(C)C(=O)NC(/C=C\N)=C/N. The van der Waals surface area contributed by atoms with Crippen LogP contribution in [-0.4, -0.2) is 5.91 Å². The molecule has 0 spiro atoms. The number of hydrogen-bond donors (Lipinski definition) is 3. The lowest BCUT2D eigenvalue weighted by molar-refractivity contribution is -0.127. The Morgan fingerprint density at radius 3 is 2.15 bits per heavy atom. The summed E-state index contributed by atoms with van der Waals surface area (Å²) in [5, 5.41) is 2.64. The van der Waals surface area contributed by atoms with Crippen molar-refractivity contribution in [1.82, 2.24) is 5.32 Å². The third kappa shape index (κ3) is 4.20. The molecule has 0 unspecified atom stereocenters. The predicted molar refractivity (Wildman–Crippen MR) is 53.2 cm³/mol. The zero-order chi connectivity index (χ0) is 10.5. The van der Waals surface area contributed by atoms with Crippen molar-refractivity contribution in [3.63, 3.8) is 0 Å². The van der Waals surface area contributed by atoms with Gasteiger partial charge in [-0.2, -0.15) is 0 Å². The molecule has 0 heterocycles. The van der Waals surface area contributed by atoms with Gasteiger partial charge in [-0.25, -0.2) is 0 Å². The van der Waals surface area contributed by atoms with Crippen molar-refractivity contribution in [2.24, 2.45) is 16.9 Å². The molecule has 0 radical (unpaired) electrons. The van der Waals surface area contributed by atoms with Crippen LogP contribution in [0.15, 0.2) is 24.2 Å². The fourth-order valence-electron chi connectivity index (χ4n) is 0.561. The molecule has 4 heteroatoms. The molecule has 0 aliphatic carbocycles. The molecule has 0 aromatic carbocycles. The molecular weight excluding hydrogens is 166 g/mol. The van der Waals surface area contributed by atoms with E-state index in [9.17, 15) is 4.79 Å². The van der Waals surface area contributed by atoms with Crippen LogP contribution in [0.5, 0.6) is 0 Å². The standard InChI is InChI=1S/C9H17N3O/c1-9(2,3)8(13)12-7(6-11)4-5-10/h4-6H,10-11H2,1-3H3,(H,12,13)/b5-4-,7-6+. The summed E-state index contributed by atoms with van der Waals surface area (Å²) < 4.78 is 0. The Bertz CT molecular complexity index is 236. The van der Waals surface area contributed by atoms with E-state index >= 15 is 0 Å². The first-order chi connectivity index (χ1) is 5.91. The first-order valence-corrected chi connectivity index (χ1v) is 4.03. The predicted octanol–water partition coefficient (Wildman–Crippen LogP) is 0.421. The molecule has 1 amide bonds. The van der Waals surface area contributed by atoms with Crippen LogP contribution >= 0.6 is 0 Å². The normalized spacial score (nSPS) is 13.3. The Kier molecular flexibility index (Phi) is 4.04. The number of hydrogen-bond acceptors (Lipinski definition) is 3. The van der Waals surface area contributed by atoms with Crippen LogP contribution < -0.4 is 16.8 Å². The van der Waals surface area contributed by atoms with Gasteiger partial charge in [0, 0.05) is 11.6 Å². The summed E-state index contributed by atoms with van der Waals surface area (Å²) in [7, 11) is 0. The second kappa shape index (κ2) is 4.54. The average molecular weight is 183 g/mol. The number of carbonyl (C=O) groups is 1. The van der Waals surface area contributed by atoms with Crippen molar-refractivity contribution >= 4 is 5.91 Å². The minimum absolute atomic E-state index is 0.0951. The number of carbonyl (C=O) groups excluding carboxylic acids is 1. The topological polar surface area (TPSA) is 81.1 Å². The maximum Gasteiger partial charge on any atom is 0.229 e. The van der Waals surface area contributed by atoms with Gasteiger partial charge in [-0.3, -0.25) is 4.79 Å². The molecule has 0 saturated carbocycles. The van der Waals surface area contributed by atoms with E-state index in [1.807, 2.05) is 20.8 Å². The van der Waals surface area contributed by atoms with Crippen molar-refractivity contribution in [2.75, 3.05) is 0 Å². The van der Waals surface area contributed by atoms with Crippen LogP contribution in [0.2, 0.25) is 0 Å². The van der Waals surface area contributed by atoms with Gasteiger partial charge >= 0.3 is 0 Å². The van der Waals surface area contributed by atoms with Gasteiger partial charge in [-0.05, 0) is 12.3 Å². The Labute approximate surface area is 78.7 Å². The van der Waals surface area contributed by atoms with Gasteiger partial charge in [-0.15, -0.1) is 0 Å². The summed E-state index contributed by atoms with van der Waals surface area (Å²) in [5.41, 5.74) is 10.5. The van der Waals surface area contributed by atoms with Crippen molar-refractivity contribution in [1.29, 1.82) is 0 Å². The van der Waals surface area contributed by atoms with Gasteiger partial charge in [0.1, 0.15) is 0 Å². The highest BCUT2D eigenvalue weighted by molar-refractivity contribution is 5.83. The lowest BCUT2D eigenvalue weighted by Gasteiger charge is -2.17. The van der Waals surface area contributed by atoms with E-state index in [4.69, 9.17) is 11.5 Å². The quantitative estimate of drug-likeness (QED) is 0.543. The Morgan fingerprint density at radius 1 is 1.31 bits per heavy atom. The summed E-state index contributed by atoms with van der Waals surface area (Å²) in [6, 6.07) is 0.